The minimum absolute atomic E-state index is 0.0102. The van der Waals surface area contributed by atoms with E-state index in [1.807, 2.05) is 4.98 Å². The monoisotopic (exact) mass is 404 g/mol. The van der Waals surface area contributed by atoms with Crippen molar-refractivity contribution in [3.63, 3.8) is 0 Å². The molecule has 27 heavy (non-hydrogen) atoms. The molecule has 1 N–H and O–H groups in total. The number of halogens is 1. The summed E-state index contributed by atoms with van der Waals surface area (Å²) in [6.07, 6.45) is 4.52. The summed E-state index contributed by atoms with van der Waals surface area (Å²) in [4.78, 5) is 24.9. The highest BCUT2D eigenvalue weighted by molar-refractivity contribution is 7.48. The number of phosphoric ester groups is 1. The van der Waals surface area contributed by atoms with Crippen LogP contribution in [0.2, 0.25) is 0 Å². The molecule has 0 radical (unpaired) electrons. The Morgan fingerprint density at radius 3 is 2.81 bits per heavy atom. The molecule has 1 aromatic heterocycles. The lowest BCUT2D eigenvalue weighted by molar-refractivity contribution is -0.0737. The van der Waals surface area contributed by atoms with E-state index < -0.39 is 43.3 Å². The molecule has 3 fully saturated rings. The van der Waals surface area contributed by atoms with Gasteiger partial charge in [-0.2, -0.15) is 4.39 Å². The van der Waals surface area contributed by atoms with E-state index >= 15 is 0 Å². The van der Waals surface area contributed by atoms with Gasteiger partial charge in [0, 0.05) is 6.42 Å². The van der Waals surface area contributed by atoms with Crippen LogP contribution >= 0.6 is 7.82 Å². The predicted octanol–water partition coefficient (Wildman–Crippen LogP) is 2.08. The van der Waals surface area contributed by atoms with Crippen molar-refractivity contribution in [2.24, 2.45) is 5.92 Å². The van der Waals surface area contributed by atoms with E-state index in [4.69, 9.17) is 18.3 Å². The fourth-order valence-electron chi connectivity index (χ4n) is 3.79. The second-order valence-electron chi connectivity index (χ2n) is 7.20. The van der Waals surface area contributed by atoms with Crippen molar-refractivity contribution in [2.45, 2.75) is 57.0 Å². The summed E-state index contributed by atoms with van der Waals surface area (Å²) < 4.78 is 49.2. The number of hydrogen-bond acceptors (Lipinski definition) is 7. The summed E-state index contributed by atoms with van der Waals surface area (Å²) >= 11 is 0. The van der Waals surface area contributed by atoms with Crippen LogP contribution < -0.4 is 11.2 Å². The van der Waals surface area contributed by atoms with E-state index in [-0.39, 0.29) is 13.0 Å². The zero-order valence-electron chi connectivity index (χ0n) is 14.7. The van der Waals surface area contributed by atoms with E-state index in [0.29, 0.717) is 12.5 Å². The summed E-state index contributed by atoms with van der Waals surface area (Å²) in [5.41, 5.74) is -1.88. The molecule has 2 aliphatic heterocycles. The number of aromatic nitrogens is 2. The van der Waals surface area contributed by atoms with E-state index in [9.17, 15) is 18.5 Å². The van der Waals surface area contributed by atoms with Gasteiger partial charge < -0.3 is 4.74 Å². The van der Waals surface area contributed by atoms with Gasteiger partial charge in [0.1, 0.15) is 18.4 Å². The Kier molecular flexibility index (Phi) is 5.35. The van der Waals surface area contributed by atoms with Crippen molar-refractivity contribution in [2.75, 3.05) is 13.2 Å². The third-order valence-electron chi connectivity index (χ3n) is 5.27. The van der Waals surface area contributed by atoms with E-state index in [2.05, 4.69) is 0 Å². The zero-order valence-corrected chi connectivity index (χ0v) is 15.6. The Balaban J connectivity index is 1.40. The maximum absolute atomic E-state index is 13.5. The molecule has 1 unspecified atom stereocenters. The number of fused-ring (bicyclic) bond motifs is 1. The molecule has 2 saturated heterocycles. The van der Waals surface area contributed by atoms with E-state index in [0.717, 1.165) is 36.4 Å². The second-order valence-corrected chi connectivity index (χ2v) is 8.82. The SMILES string of the molecule is O=c1[nH]c(=O)n([C@H]2C[C@@H]3OP(=O)(OCC4CCCCC4)OC[C@H]3O2)cc1F. The number of phosphoric acid groups is 1. The molecular formula is C16H22FN2O7P. The molecule has 11 heteroatoms. The molecule has 1 aliphatic carbocycles. The van der Waals surface area contributed by atoms with Crippen LogP contribution in [0, 0.1) is 11.7 Å². The fourth-order valence-corrected chi connectivity index (χ4v) is 5.26. The Morgan fingerprint density at radius 1 is 1.26 bits per heavy atom. The molecule has 150 valence electrons. The maximum atomic E-state index is 13.5. The van der Waals surface area contributed by atoms with Gasteiger partial charge in [0.05, 0.1) is 19.4 Å². The number of aromatic amines is 1. The quantitative estimate of drug-likeness (QED) is 0.766. The predicted molar refractivity (Wildman–Crippen MR) is 90.8 cm³/mol. The van der Waals surface area contributed by atoms with E-state index in [1.165, 1.54) is 6.42 Å². The average Bonchev–Trinajstić information content (AvgIpc) is 3.06. The van der Waals surface area contributed by atoms with Gasteiger partial charge in [0.25, 0.3) is 5.56 Å². The van der Waals surface area contributed by atoms with Gasteiger partial charge in [-0.05, 0) is 18.8 Å². The van der Waals surface area contributed by atoms with Crippen molar-refractivity contribution < 1.29 is 27.3 Å². The molecule has 4 rings (SSSR count). The van der Waals surface area contributed by atoms with Crippen LogP contribution in [0.5, 0.6) is 0 Å². The Labute approximate surface area is 154 Å². The molecule has 0 amide bonds. The third-order valence-corrected chi connectivity index (χ3v) is 6.73. The lowest BCUT2D eigenvalue weighted by Gasteiger charge is -2.31. The van der Waals surface area contributed by atoms with Gasteiger partial charge in [-0.1, -0.05) is 19.3 Å². The van der Waals surface area contributed by atoms with Crippen LogP contribution in [-0.2, 0) is 22.9 Å². The average molecular weight is 404 g/mol. The molecule has 1 aromatic rings. The normalized spacial score (nSPS) is 34.5. The lowest BCUT2D eigenvalue weighted by Crippen LogP contribution is -2.34. The summed E-state index contributed by atoms with van der Waals surface area (Å²) in [6.45, 7) is 0.313. The highest BCUT2D eigenvalue weighted by atomic mass is 31.2. The van der Waals surface area contributed by atoms with Crippen molar-refractivity contribution >= 4 is 7.82 Å². The number of rotatable bonds is 4. The van der Waals surface area contributed by atoms with Crippen LogP contribution in [0.4, 0.5) is 4.39 Å². The summed E-state index contributed by atoms with van der Waals surface area (Å²) in [5.74, 6) is -0.739. The van der Waals surface area contributed by atoms with Crippen molar-refractivity contribution in [1.29, 1.82) is 0 Å². The highest BCUT2D eigenvalue weighted by Crippen LogP contribution is 2.57. The largest absolute Gasteiger partial charge is 0.475 e. The van der Waals surface area contributed by atoms with Gasteiger partial charge in [0.15, 0.2) is 0 Å². The van der Waals surface area contributed by atoms with Crippen LogP contribution in [0.3, 0.4) is 0 Å². The molecule has 0 spiro atoms. The number of hydrogen-bond donors (Lipinski definition) is 1. The van der Waals surface area contributed by atoms with Crippen molar-refractivity contribution in [3.8, 4) is 0 Å². The molecule has 3 aliphatic rings. The zero-order chi connectivity index (χ0) is 19.0. The fraction of sp³-hybridized carbons (Fsp3) is 0.750. The van der Waals surface area contributed by atoms with Gasteiger partial charge in [0.2, 0.25) is 5.82 Å². The summed E-state index contributed by atoms with van der Waals surface area (Å²) in [7, 11) is -3.70. The van der Waals surface area contributed by atoms with E-state index in [1.54, 1.807) is 0 Å². The number of nitrogens with one attached hydrogen (secondary N) is 1. The van der Waals surface area contributed by atoms with Gasteiger partial charge in [-0.25, -0.2) is 9.36 Å². The first-order valence-corrected chi connectivity index (χ1v) is 10.6. The van der Waals surface area contributed by atoms with Crippen molar-refractivity contribution in [1.82, 2.24) is 9.55 Å². The first-order chi connectivity index (χ1) is 12.9. The molecule has 0 aromatic carbocycles. The Bertz CT molecular complexity index is 850. The molecule has 9 nitrogen and oxygen atoms in total. The summed E-state index contributed by atoms with van der Waals surface area (Å²) in [5, 5.41) is 0. The topological polar surface area (TPSA) is 109 Å². The minimum Gasteiger partial charge on any atom is -0.349 e. The van der Waals surface area contributed by atoms with Gasteiger partial charge in [-0.15, -0.1) is 0 Å². The molecule has 4 atom stereocenters. The smallest absolute Gasteiger partial charge is 0.349 e. The number of ether oxygens (including phenoxy) is 1. The maximum Gasteiger partial charge on any atom is 0.475 e. The molecule has 3 heterocycles. The Hall–Kier alpha value is -1.32. The van der Waals surface area contributed by atoms with Crippen molar-refractivity contribution in [3.05, 3.63) is 32.9 Å². The van der Waals surface area contributed by atoms with Gasteiger partial charge >= 0.3 is 13.5 Å². The first kappa shape index (κ1) is 19.0. The highest BCUT2D eigenvalue weighted by Gasteiger charge is 2.48. The van der Waals surface area contributed by atoms with Crippen LogP contribution in [0.1, 0.15) is 44.8 Å². The number of nitrogens with zero attached hydrogens (tertiary/aromatic N) is 1. The Morgan fingerprint density at radius 2 is 2.04 bits per heavy atom. The standard InChI is InChI=1S/C16H22FN2O7P/c17-11-7-19(16(21)18-15(11)20)14-6-12-13(25-14)9-24-27(22,26-12)23-8-10-4-2-1-3-5-10/h7,10,12-14H,1-6,8-9H2,(H,18,20,21)/t12-,13+,14+,27?/m0/s1. The molecule has 0 bridgehead atoms. The molecular weight excluding hydrogens is 382 g/mol. The minimum atomic E-state index is -3.70. The summed E-state index contributed by atoms with van der Waals surface area (Å²) in [6, 6.07) is 0. The second kappa shape index (κ2) is 7.60. The van der Waals surface area contributed by atoms with Crippen LogP contribution in [0.15, 0.2) is 15.8 Å². The molecule has 1 saturated carbocycles. The van der Waals surface area contributed by atoms with Gasteiger partial charge in [-0.3, -0.25) is 27.9 Å². The van der Waals surface area contributed by atoms with Crippen LogP contribution in [0.25, 0.3) is 0 Å². The van der Waals surface area contributed by atoms with Crippen LogP contribution in [-0.4, -0.2) is 35.0 Å². The number of H-pyrrole nitrogens is 1. The third kappa shape index (κ3) is 4.09. The first-order valence-electron chi connectivity index (χ1n) is 9.17. The lowest BCUT2D eigenvalue weighted by atomic mass is 9.90.